The molecule has 0 radical (unpaired) electrons. The van der Waals surface area contributed by atoms with Gasteiger partial charge in [0.25, 0.3) is 5.97 Å². The van der Waals surface area contributed by atoms with E-state index in [2.05, 4.69) is 24.3 Å². The predicted octanol–water partition coefficient (Wildman–Crippen LogP) is 3.67. The van der Waals surface area contributed by atoms with E-state index in [0.717, 1.165) is 11.1 Å². The molecule has 2 aliphatic heterocycles. The van der Waals surface area contributed by atoms with Gasteiger partial charge in [-0.3, -0.25) is 0 Å². The molecule has 2 aromatic carbocycles. The highest BCUT2D eigenvalue weighted by molar-refractivity contribution is 5.14. The highest BCUT2D eigenvalue weighted by Gasteiger charge is 2.51. The van der Waals surface area contributed by atoms with Crippen molar-refractivity contribution in [1.29, 1.82) is 0 Å². The van der Waals surface area contributed by atoms with Gasteiger partial charge in [-0.25, -0.2) is 0 Å². The summed E-state index contributed by atoms with van der Waals surface area (Å²) in [6, 6.07) is 20.3. The number of hydrogen-bond acceptors (Lipinski definition) is 5. The van der Waals surface area contributed by atoms with E-state index in [9.17, 15) is 0 Å². The first-order valence-electron chi connectivity index (χ1n) is 9.51. The standard InChI is InChI=1S/C22H26O5/c1-17-21(24-16-19-10-6-3-7-11-19)20(14-22(27-17)25-12-13-26-22)23-15-18-8-4-2-5-9-18/h2-11,17,20-21H,12-16H2,1H3/t17-,20+,21+/m0/s1. The van der Waals surface area contributed by atoms with Crippen LogP contribution >= 0.6 is 0 Å². The molecule has 2 aromatic rings. The van der Waals surface area contributed by atoms with E-state index in [1.54, 1.807) is 0 Å². The monoisotopic (exact) mass is 370 g/mol. The Hall–Kier alpha value is -1.76. The summed E-state index contributed by atoms with van der Waals surface area (Å²) >= 11 is 0. The normalized spacial score (nSPS) is 27.1. The third kappa shape index (κ3) is 4.57. The molecule has 0 amide bonds. The Morgan fingerprint density at radius 2 is 1.41 bits per heavy atom. The summed E-state index contributed by atoms with van der Waals surface area (Å²) in [7, 11) is 0. The zero-order chi connectivity index (χ0) is 18.5. The predicted molar refractivity (Wildman–Crippen MR) is 99.8 cm³/mol. The summed E-state index contributed by atoms with van der Waals surface area (Å²) in [5, 5.41) is 0. The summed E-state index contributed by atoms with van der Waals surface area (Å²) in [5.41, 5.74) is 2.25. The number of benzene rings is 2. The second-order valence-electron chi connectivity index (χ2n) is 7.00. The lowest BCUT2D eigenvalue weighted by Gasteiger charge is -2.43. The van der Waals surface area contributed by atoms with Crippen LogP contribution in [0.15, 0.2) is 60.7 Å². The maximum Gasteiger partial charge on any atom is 0.286 e. The van der Waals surface area contributed by atoms with Gasteiger partial charge in [-0.05, 0) is 18.1 Å². The summed E-state index contributed by atoms with van der Waals surface area (Å²) in [5.74, 6) is -1.01. The number of ether oxygens (including phenoxy) is 5. The van der Waals surface area contributed by atoms with Crippen molar-refractivity contribution >= 4 is 0 Å². The molecule has 0 aromatic heterocycles. The van der Waals surface area contributed by atoms with Crippen LogP contribution in [0.5, 0.6) is 0 Å². The number of hydrogen-bond donors (Lipinski definition) is 0. The maximum atomic E-state index is 6.26. The van der Waals surface area contributed by atoms with Crippen molar-refractivity contribution < 1.29 is 23.7 Å². The summed E-state index contributed by atoms with van der Waals surface area (Å²) in [4.78, 5) is 0. The Bertz CT molecular complexity index is 699. The average molecular weight is 370 g/mol. The van der Waals surface area contributed by atoms with E-state index in [-0.39, 0.29) is 18.3 Å². The molecule has 144 valence electrons. The molecule has 0 aliphatic carbocycles. The zero-order valence-electron chi connectivity index (χ0n) is 15.6. The average Bonchev–Trinajstić information content (AvgIpc) is 3.14. The van der Waals surface area contributed by atoms with E-state index < -0.39 is 5.97 Å². The summed E-state index contributed by atoms with van der Waals surface area (Å²) in [6.45, 7) is 4.08. The van der Waals surface area contributed by atoms with Gasteiger partial charge in [0.05, 0.1) is 45.1 Å². The first-order valence-corrected chi connectivity index (χ1v) is 9.51. The second-order valence-corrected chi connectivity index (χ2v) is 7.00. The molecular formula is C22H26O5. The largest absolute Gasteiger partial charge is 0.370 e. The Labute approximate surface area is 160 Å². The van der Waals surface area contributed by atoms with Crippen molar-refractivity contribution in [1.82, 2.24) is 0 Å². The van der Waals surface area contributed by atoms with Crippen molar-refractivity contribution in [2.45, 2.75) is 50.8 Å². The van der Waals surface area contributed by atoms with Gasteiger partial charge in [0.2, 0.25) is 0 Å². The van der Waals surface area contributed by atoms with E-state index in [4.69, 9.17) is 23.7 Å². The molecule has 5 nitrogen and oxygen atoms in total. The summed E-state index contributed by atoms with van der Waals surface area (Å²) < 4.78 is 30.1. The molecule has 0 bridgehead atoms. The van der Waals surface area contributed by atoms with Crippen LogP contribution in [-0.4, -0.2) is 37.5 Å². The zero-order valence-corrected chi connectivity index (χ0v) is 15.6. The Morgan fingerprint density at radius 1 is 0.852 bits per heavy atom. The van der Waals surface area contributed by atoms with Gasteiger partial charge in [-0.1, -0.05) is 60.7 Å². The molecule has 3 atom stereocenters. The van der Waals surface area contributed by atoms with E-state index in [1.807, 2.05) is 43.3 Å². The molecule has 0 unspecified atom stereocenters. The van der Waals surface area contributed by atoms with Crippen LogP contribution < -0.4 is 0 Å². The fraction of sp³-hybridized carbons (Fsp3) is 0.455. The van der Waals surface area contributed by atoms with Gasteiger partial charge >= 0.3 is 0 Å². The quantitative estimate of drug-likeness (QED) is 0.776. The lowest BCUT2D eigenvalue weighted by molar-refractivity contribution is -0.394. The maximum absolute atomic E-state index is 6.26. The van der Waals surface area contributed by atoms with Gasteiger partial charge in [0.15, 0.2) is 0 Å². The highest BCUT2D eigenvalue weighted by Crippen LogP contribution is 2.37. The first-order chi connectivity index (χ1) is 13.2. The molecule has 1 spiro atoms. The van der Waals surface area contributed by atoms with Gasteiger partial charge in [0, 0.05) is 0 Å². The Kier molecular flexibility index (Phi) is 5.86. The molecule has 4 rings (SSSR count). The Balaban J connectivity index is 1.45. The lowest BCUT2D eigenvalue weighted by Crippen LogP contribution is -2.55. The molecule has 0 N–H and O–H groups in total. The third-order valence-electron chi connectivity index (χ3n) is 4.97. The van der Waals surface area contributed by atoms with Gasteiger partial charge in [-0.15, -0.1) is 0 Å². The van der Waals surface area contributed by atoms with E-state index in [1.165, 1.54) is 0 Å². The minimum absolute atomic E-state index is 0.184. The molecular weight excluding hydrogens is 344 g/mol. The topological polar surface area (TPSA) is 46.2 Å². The molecule has 2 saturated heterocycles. The van der Waals surface area contributed by atoms with Crippen molar-refractivity contribution in [3.05, 3.63) is 71.8 Å². The van der Waals surface area contributed by atoms with Crippen LogP contribution in [0.1, 0.15) is 24.5 Å². The molecule has 5 heteroatoms. The molecule has 2 heterocycles. The van der Waals surface area contributed by atoms with Crippen molar-refractivity contribution in [3.8, 4) is 0 Å². The smallest absolute Gasteiger partial charge is 0.286 e. The minimum Gasteiger partial charge on any atom is -0.370 e. The van der Waals surface area contributed by atoms with Crippen LogP contribution in [0, 0.1) is 0 Å². The summed E-state index contributed by atoms with van der Waals surface area (Å²) in [6.07, 6.45) is -0.103. The van der Waals surface area contributed by atoms with E-state index in [0.29, 0.717) is 32.8 Å². The molecule has 2 fully saturated rings. The minimum atomic E-state index is -1.01. The number of rotatable bonds is 6. The Morgan fingerprint density at radius 3 is 2.00 bits per heavy atom. The third-order valence-corrected chi connectivity index (χ3v) is 4.97. The van der Waals surface area contributed by atoms with Crippen molar-refractivity contribution in [3.63, 3.8) is 0 Å². The molecule has 0 saturated carbocycles. The molecule has 2 aliphatic rings. The van der Waals surface area contributed by atoms with Gasteiger partial charge in [-0.2, -0.15) is 0 Å². The highest BCUT2D eigenvalue weighted by atomic mass is 16.9. The van der Waals surface area contributed by atoms with Crippen LogP contribution in [0.3, 0.4) is 0 Å². The van der Waals surface area contributed by atoms with Crippen LogP contribution in [0.4, 0.5) is 0 Å². The lowest BCUT2D eigenvalue weighted by atomic mass is 10.00. The van der Waals surface area contributed by atoms with Crippen molar-refractivity contribution in [2.75, 3.05) is 13.2 Å². The van der Waals surface area contributed by atoms with Crippen LogP contribution in [0.2, 0.25) is 0 Å². The van der Waals surface area contributed by atoms with Crippen molar-refractivity contribution in [2.24, 2.45) is 0 Å². The fourth-order valence-electron chi connectivity index (χ4n) is 3.63. The van der Waals surface area contributed by atoms with E-state index >= 15 is 0 Å². The SMILES string of the molecule is C[C@@H]1OC2(C[C@@H](OCc3ccccc3)[C@@H]1OCc1ccccc1)OCCO2. The molecule has 27 heavy (non-hydrogen) atoms. The fourth-order valence-corrected chi connectivity index (χ4v) is 3.63. The van der Waals surface area contributed by atoms with Crippen LogP contribution in [0.25, 0.3) is 0 Å². The van der Waals surface area contributed by atoms with Gasteiger partial charge < -0.3 is 23.7 Å². The van der Waals surface area contributed by atoms with Crippen LogP contribution in [-0.2, 0) is 36.9 Å². The first kappa shape index (κ1) is 18.6. The second kappa shape index (κ2) is 8.50. The van der Waals surface area contributed by atoms with Gasteiger partial charge in [0.1, 0.15) is 6.10 Å².